The summed E-state index contributed by atoms with van der Waals surface area (Å²) in [6.45, 7) is 1.58. The number of halogens is 1. The maximum Gasteiger partial charge on any atom is 0.0847 e. The third-order valence-electron chi connectivity index (χ3n) is 3.00. The largest absolute Gasteiger partial charge is 0.242 e. The Bertz CT molecular complexity index is 372. The van der Waals surface area contributed by atoms with E-state index in [0.29, 0.717) is 5.02 Å². The Balaban J connectivity index is 2.33. The lowest BCUT2D eigenvalue weighted by Gasteiger charge is -2.30. The zero-order chi connectivity index (χ0) is 10.7. The van der Waals surface area contributed by atoms with E-state index in [1.54, 1.807) is 0 Å². The molecule has 2 nitrogen and oxygen atoms in total. The van der Waals surface area contributed by atoms with Gasteiger partial charge in [-0.2, -0.15) is 5.26 Å². The van der Waals surface area contributed by atoms with Gasteiger partial charge in [0.05, 0.1) is 11.5 Å². The molecule has 0 aliphatic carbocycles. The van der Waals surface area contributed by atoms with Gasteiger partial charge in [-0.1, -0.05) is 23.7 Å². The van der Waals surface area contributed by atoms with Crippen LogP contribution in [0.4, 0.5) is 0 Å². The molecule has 1 aromatic rings. The van der Waals surface area contributed by atoms with E-state index in [1.165, 1.54) is 0 Å². The molecule has 77 valence electrons. The summed E-state index contributed by atoms with van der Waals surface area (Å²) in [7, 11) is 0. The van der Waals surface area contributed by atoms with Crippen molar-refractivity contribution in [3.05, 3.63) is 34.9 Å². The van der Waals surface area contributed by atoms with Crippen LogP contribution in [0.3, 0.4) is 0 Å². The van der Waals surface area contributed by atoms with Gasteiger partial charge in [-0.15, -0.1) is 0 Å². The van der Waals surface area contributed by atoms with Crippen LogP contribution in [-0.4, -0.2) is 13.1 Å². The van der Waals surface area contributed by atoms with Crippen molar-refractivity contribution in [3.63, 3.8) is 0 Å². The number of hydrogen-bond donors (Lipinski definition) is 0. The van der Waals surface area contributed by atoms with E-state index in [4.69, 9.17) is 11.6 Å². The van der Waals surface area contributed by atoms with Crippen LogP contribution < -0.4 is 5.32 Å². The Labute approximate surface area is 94.9 Å². The van der Waals surface area contributed by atoms with Gasteiger partial charge in [0.15, 0.2) is 0 Å². The quantitative estimate of drug-likeness (QED) is 0.715. The first kappa shape index (κ1) is 10.5. The second-order valence-corrected chi connectivity index (χ2v) is 4.31. The summed E-state index contributed by atoms with van der Waals surface area (Å²) in [5.74, 6) is 0. The SMILES string of the molecule is N#CC1(c2ccc(Cl)cc2)CC[N]CC1. The molecule has 1 heterocycles. The Hall–Kier alpha value is -1.04. The fourth-order valence-corrected chi connectivity index (χ4v) is 2.14. The van der Waals surface area contributed by atoms with E-state index in [-0.39, 0.29) is 5.41 Å². The van der Waals surface area contributed by atoms with Crippen molar-refractivity contribution in [2.24, 2.45) is 0 Å². The molecule has 0 bridgehead atoms. The van der Waals surface area contributed by atoms with E-state index in [9.17, 15) is 5.26 Å². The lowest BCUT2D eigenvalue weighted by atomic mass is 9.74. The highest BCUT2D eigenvalue weighted by atomic mass is 35.5. The molecule has 1 aromatic carbocycles. The van der Waals surface area contributed by atoms with Gasteiger partial charge >= 0.3 is 0 Å². The standard InChI is InChI=1S/C12H12ClN2/c13-11-3-1-10(2-4-11)12(9-14)5-7-15-8-6-12/h1-4H,5-8H2. The van der Waals surface area contributed by atoms with Crippen molar-refractivity contribution in [2.75, 3.05) is 13.1 Å². The molecule has 2 rings (SSSR count). The molecule has 0 aromatic heterocycles. The minimum absolute atomic E-state index is 0.341. The van der Waals surface area contributed by atoms with Crippen LogP contribution in [0.25, 0.3) is 0 Å². The summed E-state index contributed by atoms with van der Waals surface area (Å²) < 4.78 is 0. The molecule has 15 heavy (non-hydrogen) atoms. The van der Waals surface area contributed by atoms with Gasteiger partial charge in [0.25, 0.3) is 0 Å². The predicted octanol–water partition coefficient (Wildman–Crippen LogP) is 2.50. The van der Waals surface area contributed by atoms with Crippen molar-refractivity contribution < 1.29 is 0 Å². The third kappa shape index (κ3) is 1.99. The van der Waals surface area contributed by atoms with Crippen molar-refractivity contribution in [2.45, 2.75) is 18.3 Å². The van der Waals surface area contributed by atoms with Gasteiger partial charge in [-0.05, 0) is 30.5 Å². The summed E-state index contributed by atoms with van der Waals surface area (Å²) in [4.78, 5) is 0. The number of rotatable bonds is 1. The zero-order valence-electron chi connectivity index (χ0n) is 8.41. The molecular formula is C12H12ClN2. The number of nitrogens with zero attached hydrogens (tertiary/aromatic N) is 2. The molecule has 1 radical (unpaired) electrons. The minimum atomic E-state index is -0.341. The number of piperidine rings is 1. The fourth-order valence-electron chi connectivity index (χ4n) is 2.01. The Morgan fingerprint density at radius 1 is 1.20 bits per heavy atom. The lowest BCUT2D eigenvalue weighted by Crippen LogP contribution is -2.35. The van der Waals surface area contributed by atoms with Gasteiger partial charge in [-0.3, -0.25) is 0 Å². The molecule has 0 atom stereocenters. The highest BCUT2D eigenvalue weighted by Gasteiger charge is 2.34. The maximum absolute atomic E-state index is 9.34. The van der Waals surface area contributed by atoms with E-state index >= 15 is 0 Å². The molecule has 1 aliphatic rings. The first-order valence-electron chi connectivity index (χ1n) is 5.07. The normalized spacial score (nSPS) is 19.5. The van der Waals surface area contributed by atoms with Crippen molar-refractivity contribution >= 4 is 11.6 Å². The number of benzene rings is 1. The zero-order valence-corrected chi connectivity index (χ0v) is 9.17. The second-order valence-electron chi connectivity index (χ2n) is 3.87. The van der Waals surface area contributed by atoms with E-state index in [2.05, 4.69) is 11.4 Å². The molecule has 0 N–H and O–H groups in total. The van der Waals surface area contributed by atoms with Crippen molar-refractivity contribution in [1.29, 1.82) is 5.26 Å². The maximum atomic E-state index is 9.34. The second kappa shape index (κ2) is 4.22. The van der Waals surface area contributed by atoms with Gasteiger partial charge in [0, 0.05) is 18.1 Å². The lowest BCUT2D eigenvalue weighted by molar-refractivity contribution is 0.377. The average Bonchev–Trinajstić information content (AvgIpc) is 2.31. The first-order chi connectivity index (χ1) is 7.27. The topological polar surface area (TPSA) is 37.9 Å². The Kier molecular flexibility index (Phi) is 2.95. The summed E-state index contributed by atoms with van der Waals surface area (Å²) >= 11 is 5.84. The smallest absolute Gasteiger partial charge is 0.0847 e. The molecular weight excluding hydrogens is 208 g/mol. The molecule has 0 unspecified atom stereocenters. The van der Waals surface area contributed by atoms with Crippen LogP contribution in [0.2, 0.25) is 5.02 Å². The van der Waals surface area contributed by atoms with Crippen LogP contribution >= 0.6 is 11.6 Å². The minimum Gasteiger partial charge on any atom is -0.242 e. The predicted molar refractivity (Wildman–Crippen MR) is 59.8 cm³/mol. The molecule has 1 fully saturated rings. The van der Waals surface area contributed by atoms with E-state index < -0.39 is 0 Å². The first-order valence-corrected chi connectivity index (χ1v) is 5.45. The van der Waals surface area contributed by atoms with Crippen LogP contribution in [-0.2, 0) is 5.41 Å². The molecule has 3 heteroatoms. The van der Waals surface area contributed by atoms with E-state index in [1.807, 2.05) is 24.3 Å². The molecule has 0 spiro atoms. The van der Waals surface area contributed by atoms with Crippen LogP contribution in [0.5, 0.6) is 0 Å². The van der Waals surface area contributed by atoms with Crippen LogP contribution in [0, 0.1) is 11.3 Å². The molecule has 0 saturated carbocycles. The summed E-state index contributed by atoms with van der Waals surface area (Å²) in [6.07, 6.45) is 1.65. The number of nitriles is 1. The molecule has 1 saturated heterocycles. The highest BCUT2D eigenvalue weighted by Crippen LogP contribution is 2.33. The summed E-state index contributed by atoms with van der Waals surface area (Å²) in [6, 6.07) is 10.1. The third-order valence-corrected chi connectivity index (χ3v) is 3.26. The Morgan fingerprint density at radius 2 is 1.80 bits per heavy atom. The molecule has 1 aliphatic heterocycles. The Morgan fingerprint density at radius 3 is 2.33 bits per heavy atom. The average molecular weight is 220 g/mol. The summed E-state index contributed by atoms with van der Waals surface area (Å²) in [5, 5.41) is 14.3. The van der Waals surface area contributed by atoms with Crippen LogP contribution in [0.15, 0.2) is 24.3 Å². The van der Waals surface area contributed by atoms with Crippen molar-refractivity contribution in [3.8, 4) is 6.07 Å². The van der Waals surface area contributed by atoms with Gasteiger partial charge in [0.1, 0.15) is 0 Å². The van der Waals surface area contributed by atoms with Gasteiger partial charge < -0.3 is 0 Å². The van der Waals surface area contributed by atoms with E-state index in [0.717, 1.165) is 31.5 Å². The highest BCUT2D eigenvalue weighted by molar-refractivity contribution is 6.30. The molecule has 0 amide bonds. The fraction of sp³-hybridized carbons (Fsp3) is 0.417. The number of hydrogen-bond acceptors (Lipinski definition) is 1. The monoisotopic (exact) mass is 219 g/mol. The van der Waals surface area contributed by atoms with Crippen LogP contribution in [0.1, 0.15) is 18.4 Å². The van der Waals surface area contributed by atoms with Gasteiger partial charge in [0.2, 0.25) is 0 Å². The van der Waals surface area contributed by atoms with Gasteiger partial charge in [-0.25, -0.2) is 5.32 Å². The van der Waals surface area contributed by atoms with Crippen molar-refractivity contribution in [1.82, 2.24) is 5.32 Å². The summed E-state index contributed by atoms with van der Waals surface area (Å²) in [5.41, 5.74) is 0.732.